The van der Waals surface area contributed by atoms with Gasteiger partial charge in [-0.2, -0.15) is 0 Å². The monoisotopic (exact) mass is 344 g/mol. The number of hydrogen-bond donors (Lipinski definition) is 2. The number of amides is 2. The average molecular weight is 345 g/mol. The van der Waals surface area contributed by atoms with Crippen LogP contribution in [0, 0.1) is 0 Å². The second-order valence-corrected chi connectivity index (χ2v) is 5.35. The zero-order valence-electron chi connectivity index (χ0n) is 13.1. The number of ether oxygens (including phenoxy) is 1. The summed E-state index contributed by atoms with van der Waals surface area (Å²) in [7, 11) is 1.56. The number of carbonyl (C=O) groups is 2. The molecule has 0 aliphatic rings. The summed E-state index contributed by atoms with van der Waals surface area (Å²) < 4.78 is 5.19. The van der Waals surface area contributed by atoms with Gasteiger partial charge in [-0.1, -0.05) is 41.9 Å². The molecule has 0 heterocycles. The molecule has 0 atom stereocenters. The van der Waals surface area contributed by atoms with Gasteiger partial charge in [0.1, 0.15) is 5.75 Å². The summed E-state index contributed by atoms with van der Waals surface area (Å²) in [5.41, 5.74) is 6.25. The van der Waals surface area contributed by atoms with E-state index in [9.17, 15) is 9.59 Å². The number of carbonyl (C=O) groups excluding carboxylic acids is 2. The van der Waals surface area contributed by atoms with E-state index in [2.05, 4.69) is 10.9 Å². The molecule has 0 radical (unpaired) electrons. The maximum Gasteiger partial charge on any atom is 0.262 e. The molecular formula is C18H17ClN2O3. The van der Waals surface area contributed by atoms with E-state index in [1.807, 2.05) is 18.2 Å². The number of hydrazine groups is 1. The van der Waals surface area contributed by atoms with E-state index >= 15 is 0 Å². The summed E-state index contributed by atoms with van der Waals surface area (Å²) in [6, 6.07) is 14.2. The van der Waals surface area contributed by atoms with E-state index in [0.29, 0.717) is 10.8 Å². The summed E-state index contributed by atoms with van der Waals surface area (Å²) >= 11 is 5.78. The van der Waals surface area contributed by atoms with Gasteiger partial charge in [-0.05, 0) is 29.8 Å². The first-order chi connectivity index (χ1) is 11.6. The van der Waals surface area contributed by atoms with E-state index in [4.69, 9.17) is 16.3 Å². The SMILES string of the molecule is COc1ccccc1C=CC(=O)NNC(=O)Cc1ccc(Cl)cc1. The molecule has 2 aromatic carbocycles. The molecule has 2 aromatic rings. The maximum atomic E-state index is 11.8. The minimum absolute atomic E-state index is 0.146. The van der Waals surface area contributed by atoms with Crippen molar-refractivity contribution in [3.63, 3.8) is 0 Å². The highest BCUT2D eigenvalue weighted by atomic mass is 35.5. The predicted octanol–water partition coefficient (Wildman–Crippen LogP) is 2.75. The van der Waals surface area contributed by atoms with Crippen molar-refractivity contribution in [2.75, 3.05) is 7.11 Å². The van der Waals surface area contributed by atoms with Crippen LogP contribution in [0.3, 0.4) is 0 Å². The highest BCUT2D eigenvalue weighted by molar-refractivity contribution is 6.30. The Bertz CT molecular complexity index is 742. The molecule has 0 aliphatic carbocycles. The summed E-state index contributed by atoms with van der Waals surface area (Å²) in [4.78, 5) is 23.5. The van der Waals surface area contributed by atoms with E-state index < -0.39 is 5.91 Å². The van der Waals surface area contributed by atoms with Crippen LogP contribution in [0.4, 0.5) is 0 Å². The number of para-hydroxylation sites is 1. The van der Waals surface area contributed by atoms with Gasteiger partial charge in [0, 0.05) is 16.7 Å². The first-order valence-corrected chi connectivity index (χ1v) is 7.60. The molecule has 0 spiro atoms. The first-order valence-electron chi connectivity index (χ1n) is 7.23. The van der Waals surface area contributed by atoms with Crippen molar-refractivity contribution in [1.82, 2.24) is 10.9 Å². The lowest BCUT2D eigenvalue weighted by Crippen LogP contribution is -2.41. The standard InChI is InChI=1S/C18H17ClN2O3/c1-24-16-5-3-2-4-14(16)8-11-17(22)20-21-18(23)12-13-6-9-15(19)10-7-13/h2-11H,12H2,1H3,(H,20,22)(H,21,23). The number of halogens is 1. The summed E-state index contributed by atoms with van der Waals surface area (Å²) in [5.74, 6) is -0.102. The molecule has 2 amide bonds. The van der Waals surface area contributed by atoms with Crippen molar-refractivity contribution in [1.29, 1.82) is 0 Å². The minimum Gasteiger partial charge on any atom is -0.496 e. The van der Waals surface area contributed by atoms with Crippen LogP contribution in [-0.2, 0) is 16.0 Å². The normalized spacial score (nSPS) is 10.4. The lowest BCUT2D eigenvalue weighted by molar-refractivity contribution is -0.126. The largest absolute Gasteiger partial charge is 0.496 e. The smallest absolute Gasteiger partial charge is 0.262 e. The van der Waals surface area contributed by atoms with Gasteiger partial charge in [-0.3, -0.25) is 20.4 Å². The first kappa shape index (κ1) is 17.6. The molecule has 2 rings (SSSR count). The van der Waals surface area contributed by atoms with Crippen molar-refractivity contribution in [3.05, 3.63) is 70.8 Å². The van der Waals surface area contributed by atoms with Gasteiger partial charge in [0.2, 0.25) is 5.91 Å². The predicted molar refractivity (Wildman–Crippen MR) is 93.5 cm³/mol. The Morgan fingerprint density at radius 2 is 1.79 bits per heavy atom. The van der Waals surface area contributed by atoms with Crippen LogP contribution in [0.15, 0.2) is 54.6 Å². The minimum atomic E-state index is -0.439. The molecule has 0 bridgehead atoms. The topological polar surface area (TPSA) is 67.4 Å². The van der Waals surface area contributed by atoms with Crippen molar-refractivity contribution < 1.29 is 14.3 Å². The third-order valence-corrected chi connectivity index (χ3v) is 3.41. The van der Waals surface area contributed by atoms with Crippen LogP contribution >= 0.6 is 11.6 Å². The van der Waals surface area contributed by atoms with Gasteiger partial charge >= 0.3 is 0 Å². The summed E-state index contributed by atoms with van der Waals surface area (Å²) in [6.45, 7) is 0. The van der Waals surface area contributed by atoms with E-state index in [1.165, 1.54) is 6.08 Å². The van der Waals surface area contributed by atoms with Crippen LogP contribution in [0.2, 0.25) is 5.02 Å². The Morgan fingerprint density at radius 1 is 1.08 bits per heavy atom. The van der Waals surface area contributed by atoms with Crippen molar-refractivity contribution in [2.24, 2.45) is 0 Å². The molecule has 0 saturated heterocycles. The van der Waals surface area contributed by atoms with Crippen molar-refractivity contribution in [2.45, 2.75) is 6.42 Å². The molecule has 0 aromatic heterocycles. The van der Waals surface area contributed by atoms with Crippen LogP contribution in [0.25, 0.3) is 6.08 Å². The van der Waals surface area contributed by atoms with Crippen LogP contribution in [-0.4, -0.2) is 18.9 Å². The van der Waals surface area contributed by atoms with Gasteiger partial charge in [0.05, 0.1) is 13.5 Å². The second kappa shape index (κ2) is 8.74. The van der Waals surface area contributed by atoms with Gasteiger partial charge in [0.15, 0.2) is 0 Å². The summed E-state index contributed by atoms with van der Waals surface area (Å²) in [5, 5.41) is 0.605. The van der Waals surface area contributed by atoms with E-state index in [1.54, 1.807) is 43.5 Å². The Labute approximate surface area is 145 Å². The summed E-state index contributed by atoms with van der Waals surface area (Å²) in [6.07, 6.45) is 3.08. The molecule has 0 fully saturated rings. The van der Waals surface area contributed by atoms with Gasteiger partial charge in [0.25, 0.3) is 5.91 Å². The van der Waals surface area contributed by atoms with Crippen LogP contribution in [0.1, 0.15) is 11.1 Å². The Kier molecular flexibility index (Phi) is 6.40. The number of methoxy groups -OCH3 is 1. The fourth-order valence-electron chi connectivity index (χ4n) is 1.97. The highest BCUT2D eigenvalue weighted by Crippen LogP contribution is 2.18. The molecule has 124 valence electrons. The second-order valence-electron chi connectivity index (χ2n) is 4.92. The average Bonchev–Trinajstić information content (AvgIpc) is 2.60. The molecule has 0 saturated carbocycles. The van der Waals surface area contributed by atoms with Gasteiger partial charge in [-0.25, -0.2) is 0 Å². The fourth-order valence-corrected chi connectivity index (χ4v) is 2.10. The Morgan fingerprint density at radius 3 is 2.50 bits per heavy atom. The third-order valence-electron chi connectivity index (χ3n) is 3.16. The van der Waals surface area contributed by atoms with E-state index in [0.717, 1.165) is 11.1 Å². The lowest BCUT2D eigenvalue weighted by Gasteiger charge is -2.06. The van der Waals surface area contributed by atoms with Crippen LogP contribution in [0.5, 0.6) is 5.75 Å². The lowest BCUT2D eigenvalue weighted by atomic mass is 10.1. The zero-order valence-corrected chi connectivity index (χ0v) is 13.8. The molecular weight excluding hydrogens is 328 g/mol. The molecule has 24 heavy (non-hydrogen) atoms. The van der Waals surface area contributed by atoms with E-state index in [-0.39, 0.29) is 12.3 Å². The van der Waals surface area contributed by atoms with Crippen molar-refractivity contribution >= 4 is 29.5 Å². The number of benzene rings is 2. The zero-order chi connectivity index (χ0) is 17.4. The third kappa shape index (κ3) is 5.44. The number of rotatable bonds is 5. The Hall–Kier alpha value is -2.79. The maximum absolute atomic E-state index is 11.8. The highest BCUT2D eigenvalue weighted by Gasteiger charge is 2.04. The quantitative estimate of drug-likeness (QED) is 0.647. The van der Waals surface area contributed by atoms with Gasteiger partial charge in [-0.15, -0.1) is 0 Å². The molecule has 0 aliphatic heterocycles. The number of hydrogen-bond acceptors (Lipinski definition) is 3. The fraction of sp³-hybridized carbons (Fsp3) is 0.111. The molecule has 6 heteroatoms. The molecule has 0 unspecified atom stereocenters. The Balaban J connectivity index is 1.83. The molecule has 2 N–H and O–H groups in total. The van der Waals surface area contributed by atoms with Gasteiger partial charge < -0.3 is 4.74 Å². The van der Waals surface area contributed by atoms with Crippen LogP contribution < -0.4 is 15.6 Å². The van der Waals surface area contributed by atoms with Crippen molar-refractivity contribution in [3.8, 4) is 5.75 Å². The molecule has 5 nitrogen and oxygen atoms in total. The number of nitrogens with one attached hydrogen (secondary N) is 2.